The van der Waals surface area contributed by atoms with E-state index in [2.05, 4.69) is 0 Å². The van der Waals surface area contributed by atoms with Gasteiger partial charge in [-0.3, -0.25) is 14.9 Å². The van der Waals surface area contributed by atoms with Gasteiger partial charge in [-0.15, -0.1) is 0 Å². The zero-order chi connectivity index (χ0) is 20.8. The number of Topliss-reactive ketones (excluding diaryl/α,β-unsaturated/α-hetero) is 1. The predicted molar refractivity (Wildman–Crippen MR) is 105 cm³/mol. The van der Waals surface area contributed by atoms with Crippen molar-refractivity contribution >= 4 is 29.1 Å². The summed E-state index contributed by atoms with van der Waals surface area (Å²) in [4.78, 5) is 22.9. The summed E-state index contributed by atoms with van der Waals surface area (Å²) in [7, 11) is 1.45. The number of ketones is 1. The first-order valence-corrected chi connectivity index (χ1v) is 8.59. The summed E-state index contributed by atoms with van der Waals surface area (Å²) >= 11 is 6.26. The van der Waals surface area contributed by atoms with Gasteiger partial charge < -0.3 is 9.47 Å². The molecular weight excluding hydrogens is 384 g/mol. The molecule has 0 saturated carbocycles. The van der Waals surface area contributed by atoms with Crippen molar-refractivity contribution in [3.63, 3.8) is 0 Å². The standard InChI is InChI=1S/C20H17ClN2O5/c1-12(2)28-20-17(21)8-13(9-18(20)27-3)7-15(11-22)19(24)14-5-4-6-16(10-14)23(25)26/h4-10,12H,1-3H3/b15-7+. The van der Waals surface area contributed by atoms with Gasteiger partial charge in [0.05, 0.1) is 23.2 Å². The Labute approximate surface area is 166 Å². The molecule has 0 aromatic heterocycles. The van der Waals surface area contributed by atoms with Gasteiger partial charge in [0.2, 0.25) is 5.78 Å². The number of nitro benzene ring substituents is 1. The van der Waals surface area contributed by atoms with Gasteiger partial charge in [-0.1, -0.05) is 23.7 Å². The lowest BCUT2D eigenvalue weighted by Gasteiger charge is -2.15. The molecule has 144 valence electrons. The molecule has 2 aromatic rings. The highest BCUT2D eigenvalue weighted by Crippen LogP contribution is 2.37. The highest BCUT2D eigenvalue weighted by atomic mass is 35.5. The number of methoxy groups -OCH3 is 1. The number of non-ortho nitro benzene ring substituents is 1. The molecule has 7 nitrogen and oxygen atoms in total. The number of halogens is 1. The van der Waals surface area contributed by atoms with Crippen LogP contribution >= 0.6 is 11.6 Å². The summed E-state index contributed by atoms with van der Waals surface area (Å²) in [6, 6.07) is 10.1. The summed E-state index contributed by atoms with van der Waals surface area (Å²) in [5.74, 6) is 0.0798. The van der Waals surface area contributed by atoms with Crippen molar-refractivity contribution in [2.75, 3.05) is 7.11 Å². The highest BCUT2D eigenvalue weighted by molar-refractivity contribution is 6.32. The van der Waals surface area contributed by atoms with Gasteiger partial charge >= 0.3 is 0 Å². The van der Waals surface area contributed by atoms with Gasteiger partial charge in [-0.2, -0.15) is 5.26 Å². The third-order valence-corrected chi connectivity index (χ3v) is 3.88. The van der Waals surface area contributed by atoms with Crippen molar-refractivity contribution in [3.8, 4) is 17.6 Å². The third kappa shape index (κ3) is 4.87. The van der Waals surface area contributed by atoms with Gasteiger partial charge in [0, 0.05) is 17.7 Å². The zero-order valence-electron chi connectivity index (χ0n) is 15.4. The number of allylic oxidation sites excluding steroid dienone is 1. The minimum absolute atomic E-state index is 0.0415. The molecule has 0 saturated heterocycles. The van der Waals surface area contributed by atoms with Gasteiger partial charge in [0.25, 0.3) is 5.69 Å². The van der Waals surface area contributed by atoms with E-state index in [0.717, 1.165) is 6.07 Å². The number of benzene rings is 2. The average Bonchev–Trinajstić information content (AvgIpc) is 2.67. The molecule has 0 bridgehead atoms. The maximum atomic E-state index is 12.6. The number of nitrogens with zero attached hydrogens (tertiary/aromatic N) is 2. The van der Waals surface area contributed by atoms with E-state index in [0.29, 0.717) is 17.1 Å². The lowest BCUT2D eigenvalue weighted by molar-refractivity contribution is -0.384. The van der Waals surface area contributed by atoms with E-state index in [1.165, 1.54) is 31.4 Å². The molecule has 0 fully saturated rings. The van der Waals surface area contributed by atoms with Crippen LogP contribution in [-0.2, 0) is 0 Å². The summed E-state index contributed by atoms with van der Waals surface area (Å²) in [6.45, 7) is 3.68. The number of rotatable bonds is 7. The maximum absolute atomic E-state index is 12.6. The van der Waals surface area contributed by atoms with E-state index in [4.69, 9.17) is 21.1 Å². The summed E-state index contributed by atoms with van der Waals surface area (Å²) < 4.78 is 10.9. The number of carbonyl (C=O) groups excluding carboxylic acids is 1. The Balaban J connectivity index is 2.45. The van der Waals surface area contributed by atoms with E-state index in [-0.39, 0.29) is 28.0 Å². The molecule has 0 unspecified atom stereocenters. The van der Waals surface area contributed by atoms with Crippen molar-refractivity contribution in [3.05, 3.63) is 68.2 Å². The lowest BCUT2D eigenvalue weighted by atomic mass is 10.0. The number of nitro groups is 1. The van der Waals surface area contributed by atoms with Crippen LogP contribution in [0.2, 0.25) is 5.02 Å². The first-order chi connectivity index (χ1) is 13.3. The molecule has 2 aromatic carbocycles. The molecule has 0 spiro atoms. The fourth-order valence-electron chi connectivity index (χ4n) is 2.40. The molecule has 0 atom stereocenters. The van der Waals surface area contributed by atoms with E-state index in [1.54, 1.807) is 12.1 Å². The maximum Gasteiger partial charge on any atom is 0.270 e. The SMILES string of the molecule is COc1cc(/C=C(\C#N)C(=O)c2cccc([N+](=O)[O-])c2)cc(Cl)c1OC(C)C. The van der Waals surface area contributed by atoms with Crippen LogP contribution in [0.15, 0.2) is 42.0 Å². The van der Waals surface area contributed by atoms with Gasteiger partial charge in [0.15, 0.2) is 11.5 Å². The normalized spacial score (nSPS) is 11.1. The van der Waals surface area contributed by atoms with Crippen molar-refractivity contribution in [2.24, 2.45) is 0 Å². The highest BCUT2D eigenvalue weighted by Gasteiger charge is 2.17. The predicted octanol–water partition coefficient (Wildman–Crippen LogP) is 4.83. The summed E-state index contributed by atoms with van der Waals surface area (Å²) in [5.41, 5.74) is 0.0623. The Hall–Kier alpha value is -3.37. The molecule has 8 heteroatoms. The Morgan fingerprint density at radius 1 is 1.32 bits per heavy atom. The Morgan fingerprint density at radius 2 is 2.04 bits per heavy atom. The minimum atomic E-state index is -0.635. The van der Waals surface area contributed by atoms with E-state index in [9.17, 15) is 20.2 Å². The second kappa shape index (κ2) is 9.02. The second-order valence-electron chi connectivity index (χ2n) is 6.01. The van der Waals surface area contributed by atoms with Crippen LogP contribution in [0.25, 0.3) is 6.08 Å². The minimum Gasteiger partial charge on any atom is -0.493 e. The molecule has 0 aliphatic rings. The molecule has 0 N–H and O–H groups in total. The van der Waals surface area contributed by atoms with Gasteiger partial charge in [-0.25, -0.2) is 0 Å². The van der Waals surface area contributed by atoms with Crippen molar-refractivity contribution in [1.29, 1.82) is 5.26 Å². The van der Waals surface area contributed by atoms with Crippen LogP contribution in [0.3, 0.4) is 0 Å². The summed E-state index contributed by atoms with van der Waals surface area (Å²) in [5, 5.41) is 20.6. The first kappa shape index (κ1) is 20.9. The monoisotopic (exact) mass is 400 g/mol. The van der Waals surface area contributed by atoms with Crippen LogP contribution < -0.4 is 9.47 Å². The Bertz CT molecular complexity index is 993. The average molecular weight is 401 g/mol. The molecule has 0 aliphatic heterocycles. The lowest BCUT2D eigenvalue weighted by Crippen LogP contribution is -2.07. The third-order valence-electron chi connectivity index (χ3n) is 3.60. The molecule has 0 radical (unpaired) electrons. The van der Waals surface area contributed by atoms with Gasteiger partial charge in [0.1, 0.15) is 11.6 Å². The van der Waals surface area contributed by atoms with Crippen molar-refractivity contribution < 1.29 is 19.2 Å². The Kier molecular flexibility index (Phi) is 6.74. The van der Waals surface area contributed by atoms with Gasteiger partial charge in [-0.05, 0) is 37.6 Å². The largest absolute Gasteiger partial charge is 0.493 e. The first-order valence-electron chi connectivity index (χ1n) is 8.22. The number of hydrogen-bond donors (Lipinski definition) is 0. The fraction of sp³-hybridized carbons (Fsp3) is 0.200. The van der Waals surface area contributed by atoms with E-state index < -0.39 is 10.7 Å². The molecule has 0 amide bonds. The zero-order valence-corrected chi connectivity index (χ0v) is 16.2. The number of ether oxygens (including phenoxy) is 2. The number of nitriles is 1. The molecular formula is C20H17ClN2O5. The molecule has 28 heavy (non-hydrogen) atoms. The van der Waals surface area contributed by atoms with Crippen LogP contribution in [0, 0.1) is 21.4 Å². The van der Waals surface area contributed by atoms with Crippen LogP contribution in [0.1, 0.15) is 29.8 Å². The van der Waals surface area contributed by atoms with Crippen molar-refractivity contribution in [1.82, 2.24) is 0 Å². The topological polar surface area (TPSA) is 102 Å². The molecule has 0 aliphatic carbocycles. The number of carbonyl (C=O) groups is 1. The van der Waals surface area contributed by atoms with Crippen molar-refractivity contribution in [2.45, 2.75) is 20.0 Å². The Morgan fingerprint density at radius 3 is 2.61 bits per heavy atom. The van der Waals surface area contributed by atoms with Crippen LogP contribution in [0.4, 0.5) is 5.69 Å². The summed E-state index contributed by atoms with van der Waals surface area (Å²) in [6.07, 6.45) is 1.22. The molecule has 0 heterocycles. The molecule has 2 rings (SSSR count). The van der Waals surface area contributed by atoms with E-state index >= 15 is 0 Å². The van der Waals surface area contributed by atoms with E-state index in [1.807, 2.05) is 19.9 Å². The van der Waals surface area contributed by atoms with Crippen LogP contribution in [-0.4, -0.2) is 23.9 Å². The van der Waals surface area contributed by atoms with Crippen LogP contribution in [0.5, 0.6) is 11.5 Å². The smallest absolute Gasteiger partial charge is 0.270 e. The second-order valence-corrected chi connectivity index (χ2v) is 6.41. The quantitative estimate of drug-likeness (QED) is 0.217. The number of hydrogen-bond acceptors (Lipinski definition) is 6. The fourth-order valence-corrected chi connectivity index (χ4v) is 2.67.